The van der Waals surface area contributed by atoms with E-state index in [0.29, 0.717) is 25.1 Å². The molecule has 1 fully saturated rings. The number of nitriles is 1. The highest BCUT2D eigenvalue weighted by molar-refractivity contribution is 5.92. The van der Waals surface area contributed by atoms with Crippen molar-refractivity contribution in [2.24, 2.45) is 5.10 Å². The van der Waals surface area contributed by atoms with Gasteiger partial charge in [-0.3, -0.25) is 4.79 Å². The average Bonchev–Trinajstić information content (AvgIpc) is 3.33. The van der Waals surface area contributed by atoms with Crippen LogP contribution in [-0.4, -0.2) is 82.7 Å². The van der Waals surface area contributed by atoms with Gasteiger partial charge >= 0.3 is 6.03 Å². The predicted molar refractivity (Wildman–Crippen MR) is 118 cm³/mol. The van der Waals surface area contributed by atoms with Gasteiger partial charge in [0.25, 0.3) is 5.91 Å². The minimum atomic E-state index is -0.899. The SMILES string of the molecule is CN(CC#N)C(=O)c1nc(N2CCN(C(=O)N3N=CC[C@H]3c3cc(F)cc(F)c3)CC2)ncc1F. The summed E-state index contributed by atoms with van der Waals surface area (Å²) in [4.78, 5) is 37.8. The van der Waals surface area contributed by atoms with Crippen molar-refractivity contribution in [2.75, 3.05) is 44.7 Å². The molecule has 10 nitrogen and oxygen atoms in total. The number of hydrogen-bond donors (Lipinski definition) is 0. The smallest absolute Gasteiger partial charge is 0.337 e. The summed E-state index contributed by atoms with van der Waals surface area (Å²) in [6.07, 6.45) is 2.75. The summed E-state index contributed by atoms with van der Waals surface area (Å²) in [6, 6.07) is 3.91. The highest BCUT2D eigenvalue weighted by Gasteiger charge is 2.34. The number of carbonyl (C=O) groups is 2. The van der Waals surface area contributed by atoms with Crippen molar-refractivity contribution in [3.05, 3.63) is 53.1 Å². The minimum absolute atomic E-state index is 0.125. The van der Waals surface area contributed by atoms with Crippen LogP contribution in [0.15, 0.2) is 29.5 Å². The number of rotatable bonds is 4. The normalized spacial score (nSPS) is 17.5. The number of hydrogen-bond acceptors (Lipinski definition) is 7. The molecule has 13 heteroatoms. The average molecular weight is 486 g/mol. The molecule has 0 radical (unpaired) electrons. The van der Waals surface area contributed by atoms with Crippen molar-refractivity contribution >= 4 is 24.1 Å². The molecule has 0 bridgehead atoms. The fraction of sp³-hybridized carbons (Fsp3) is 0.364. The fourth-order valence-corrected chi connectivity index (χ4v) is 3.90. The van der Waals surface area contributed by atoms with Gasteiger partial charge in [-0.25, -0.2) is 32.9 Å². The first-order valence-corrected chi connectivity index (χ1v) is 10.7. The zero-order chi connectivity index (χ0) is 25.1. The highest BCUT2D eigenvalue weighted by Crippen LogP contribution is 2.30. The van der Waals surface area contributed by atoms with E-state index in [4.69, 9.17) is 5.26 Å². The third-order valence-electron chi connectivity index (χ3n) is 5.72. The molecule has 3 heterocycles. The van der Waals surface area contributed by atoms with Gasteiger partial charge in [0.15, 0.2) is 11.5 Å². The Kier molecular flexibility index (Phi) is 6.81. The summed E-state index contributed by atoms with van der Waals surface area (Å²) in [5.41, 5.74) is -0.131. The number of carbonyl (C=O) groups excluding carboxylic acids is 2. The van der Waals surface area contributed by atoms with E-state index in [-0.39, 0.29) is 25.6 Å². The maximum atomic E-state index is 14.2. The summed E-state index contributed by atoms with van der Waals surface area (Å²) in [5, 5.41) is 14.1. The van der Waals surface area contributed by atoms with Crippen LogP contribution in [0.2, 0.25) is 0 Å². The van der Waals surface area contributed by atoms with Crippen LogP contribution in [0.3, 0.4) is 0 Å². The van der Waals surface area contributed by atoms with Crippen LogP contribution in [0.25, 0.3) is 0 Å². The summed E-state index contributed by atoms with van der Waals surface area (Å²) in [5.74, 6) is -2.98. The Morgan fingerprint density at radius 1 is 1.14 bits per heavy atom. The van der Waals surface area contributed by atoms with Gasteiger partial charge in [-0.05, 0) is 17.7 Å². The first kappa shape index (κ1) is 23.9. The molecule has 3 amide bonds. The van der Waals surface area contributed by atoms with Gasteiger partial charge in [0.05, 0.1) is 18.3 Å². The molecule has 35 heavy (non-hydrogen) atoms. The number of aromatic nitrogens is 2. The van der Waals surface area contributed by atoms with Crippen LogP contribution in [-0.2, 0) is 0 Å². The Morgan fingerprint density at radius 3 is 2.49 bits per heavy atom. The lowest BCUT2D eigenvalue weighted by Gasteiger charge is -2.37. The quantitative estimate of drug-likeness (QED) is 0.613. The number of hydrazone groups is 1. The van der Waals surface area contributed by atoms with E-state index in [0.717, 1.165) is 17.2 Å². The van der Waals surface area contributed by atoms with Gasteiger partial charge in [-0.2, -0.15) is 10.4 Å². The summed E-state index contributed by atoms with van der Waals surface area (Å²) >= 11 is 0. The molecule has 2 aliphatic rings. The van der Waals surface area contributed by atoms with E-state index >= 15 is 0 Å². The number of halogens is 3. The molecule has 0 saturated carbocycles. The molecule has 2 aromatic rings. The standard InChI is InChI=1S/C22H21F3N8O2/c1-30(5-3-26)20(34)19-17(25)13-27-21(29-19)31-6-8-32(9-7-31)22(35)33-18(2-4-28-33)14-10-15(23)12-16(24)11-14/h4,10-13,18H,2,5-9H2,1H3/t18-/m0/s1. The Morgan fingerprint density at radius 2 is 1.83 bits per heavy atom. The summed E-state index contributed by atoms with van der Waals surface area (Å²) in [6.45, 7) is 0.896. The molecule has 0 N–H and O–H groups in total. The van der Waals surface area contributed by atoms with Gasteiger partial charge in [-0.15, -0.1) is 0 Å². The summed E-state index contributed by atoms with van der Waals surface area (Å²) in [7, 11) is 1.36. The molecular formula is C22H21F3N8O2. The molecule has 182 valence electrons. The van der Waals surface area contributed by atoms with E-state index in [9.17, 15) is 22.8 Å². The van der Waals surface area contributed by atoms with Crippen LogP contribution in [0.1, 0.15) is 28.5 Å². The lowest BCUT2D eigenvalue weighted by molar-refractivity contribution is 0.0801. The van der Waals surface area contributed by atoms with Crippen LogP contribution in [0.5, 0.6) is 0 Å². The molecule has 0 unspecified atom stereocenters. The molecule has 1 aromatic heterocycles. The van der Waals surface area contributed by atoms with Gasteiger partial charge in [-0.1, -0.05) is 0 Å². The van der Waals surface area contributed by atoms with Crippen molar-refractivity contribution in [1.82, 2.24) is 24.8 Å². The number of piperazine rings is 1. The first-order valence-electron chi connectivity index (χ1n) is 10.7. The lowest BCUT2D eigenvalue weighted by atomic mass is 10.0. The largest absolute Gasteiger partial charge is 0.341 e. The van der Waals surface area contributed by atoms with E-state index in [1.165, 1.54) is 35.3 Å². The Balaban J connectivity index is 1.43. The maximum Gasteiger partial charge on any atom is 0.341 e. The Hall–Kier alpha value is -4.21. The molecule has 1 saturated heterocycles. The van der Waals surface area contributed by atoms with Gasteiger partial charge in [0.2, 0.25) is 5.95 Å². The lowest BCUT2D eigenvalue weighted by Crippen LogP contribution is -2.52. The topological polar surface area (TPSA) is 109 Å². The Labute approximate surface area is 198 Å². The maximum absolute atomic E-state index is 14.2. The van der Waals surface area contributed by atoms with E-state index in [1.54, 1.807) is 4.90 Å². The van der Waals surface area contributed by atoms with Crippen LogP contribution >= 0.6 is 0 Å². The van der Waals surface area contributed by atoms with Crippen molar-refractivity contribution in [3.8, 4) is 6.07 Å². The molecule has 1 atom stereocenters. The number of anilines is 1. The third kappa shape index (κ3) is 5.01. The van der Waals surface area contributed by atoms with Crippen LogP contribution in [0.4, 0.5) is 23.9 Å². The number of nitrogens with zero attached hydrogens (tertiary/aromatic N) is 8. The van der Waals surface area contributed by atoms with Crippen molar-refractivity contribution in [2.45, 2.75) is 12.5 Å². The second-order valence-corrected chi connectivity index (χ2v) is 8.04. The Bertz CT molecular complexity index is 1190. The zero-order valence-corrected chi connectivity index (χ0v) is 18.7. The van der Waals surface area contributed by atoms with Crippen molar-refractivity contribution in [3.63, 3.8) is 0 Å². The van der Waals surface area contributed by atoms with Crippen LogP contribution in [0, 0.1) is 28.8 Å². The van der Waals surface area contributed by atoms with Gasteiger partial charge in [0, 0.05) is 51.9 Å². The molecule has 0 aliphatic carbocycles. The monoisotopic (exact) mass is 486 g/mol. The van der Waals surface area contributed by atoms with Gasteiger partial charge in [0.1, 0.15) is 18.2 Å². The van der Waals surface area contributed by atoms with E-state index in [1.807, 2.05) is 6.07 Å². The minimum Gasteiger partial charge on any atom is -0.337 e. The first-order chi connectivity index (χ1) is 16.8. The summed E-state index contributed by atoms with van der Waals surface area (Å²) < 4.78 is 41.5. The predicted octanol–water partition coefficient (Wildman–Crippen LogP) is 2.16. The number of amides is 3. The molecule has 2 aliphatic heterocycles. The van der Waals surface area contributed by atoms with E-state index in [2.05, 4.69) is 15.1 Å². The molecule has 4 rings (SSSR count). The number of urea groups is 1. The number of benzene rings is 1. The van der Waals surface area contributed by atoms with E-state index < -0.39 is 41.1 Å². The van der Waals surface area contributed by atoms with Gasteiger partial charge < -0.3 is 14.7 Å². The van der Waals surface area contributed by atoms with Crippen molar-refractivity contribution in [1.29, 1.82) is 5.26 Å². The highest BCUT2D eigenvalue weighted by atomic mass is 19.1. The zero-order valence-electron chi connectivity index (χ0n) is 18.7. The van der Waals surface area contributed by atoms with Crippen molar-refractivity contribution < 1.29 is 22.8 Å². The molecule has 0 spiro atoms. The second-order valence-electron chi connectivity index (χ2n) is 8.04. The van der Waals surface area contributed by atoms with Crippen LogP contribution < -0.4 is 4.90 Å². The molecular weight excluding hydrogens is 465 g/mol. The third-order valence-corrected chi connectivity index (χ3v) is 5.72. The second kappa shape index (κ2) is 9.96. The fourth-order valence-electron chi connectivity index (χ4n) is 3.90. The molecule has 1 aromatic carbocycles.